The lowest BCUT2D eigenvalue weighted by molar-refractivity contribution is 0.0406. The molecule has 0 radical (unpaired) electrons. The van der Waals surface area contributed by atoms with Gasteiger partial charge in [-0.2, -0.15) is 0 Å². The maximum atomic E-state index is 9.58. The molecular formula is C10H21BO2. The second-order valence-electron chi connectivity index (χ2n) is 4.24. The molecule has 0 unspecified atom stereocenters. The molecular weight excluding hydrogens is 163 g/mol. The van der Waals surface area contributed by atoms with Crippen molar-refractivity contribution in [3.63, 3.8) is 0 Å². The van der Waals surface area contributed by atoms with Crippen molar-refractivity contribution >= 4 is 7.12 Å². The van der Waals surface area contributed by atoms with Gasteiger partial charge in [0.2, 0.25) is 0 Å². The van der Waals surface area contributed by atoms with Gasteiger partial charge in [-0.25, -0.2) is 0 Å². The second-order valence-corrected chi connectivity index (χ2v) is 4.24. The first-order valence-electron chi connectivity index (χ1n) is 4.84. The number of rotatable bonds is 5. The average Bonchev–Trinajstić information content (AvgIpc) is 2.01. The van der Waals surface area contributed by atoms with Gasteiger partial charge in [0.25, 0.3) is 0 Å². The van der Waals surface area contributed by atoms with Gasteiger partial charge >= 0.3 is 7.12 Å². The Morgan fingerprint density at radius 2 is 2.00 bits per heavy atom. The van der Waals surface area contributed by atoms with Crippen LogP contribution in [0.3, 0.4) is 0 Å². The summed E-state index contributed by atoms with van der Waals surface area (Å²) in [6, 6.07) is 0. The SMILES string of the molecule is C=C(CC)B(O)OC(C)(C)C(C)C. The molecule has 0 aliphatic heterocycles. The van der Waals surface area contributed by atoms with Crippen molar-refractivity contribution in [1.82, 2.24) is 0 Å². The van der Waals surface area contributed by atoms with Crippen molar-refractivity contribution in [2.45, 2.75) is 46.6 Å². The van der Waals surface area contributed by atoms with Gasteiger partial charge in [-0.15, -0.1) is 6.58 Å². The van der Waals surface area contributed by atoms with E-state index in [-0.39, 0.29) is 5.60 Å². The van der Waals surface area contributed by atoms with Crippen molar-refractivity contribution in [3.05, 3.63) is 12.1 Å². The summed E-state index contributed by atoms with van der Waals surface area (Å²) in [5, 5.41) is 9.58. The van der Waals surface area contributed by atoms with Crippen LogP contribution >= 0.6 is 0 Å². The Balaban J connectivity index is 4.19. The first kappa shape index (κ1) is 12.7. The van der Waals surface area contributed by atoms with E-state index in [2.05, 4.69) is 20.4 Å². The van der Waals surface area contributed by atoms with Gasteiger partial charge in [-0.1, -0.05) is 20.8 Å². The number of allylic oxidation sites excluding steroid dienone is 1. The predicted octanol–water partition coefficient (Wildman–Crippen LogP) is 2.42. The maximum absolute atomic E-state index is 9.58. The van der Waals surface area contributed by atoms with Crippen LogP contribution in [0.25, 0.3) is 0 Å². The minimum atomic E-state index is -0.831. The largest absolute Gasteiger partial charge is 0.486 e. The molecule has 0 spiro atoms. The molecule has 0 aromatic heterocycles. The Labute approximate surface area is 82.1 Å². The highest BCUT2D eigenvalue weighted by molar-refractivity contribution is 6.52. The summed E-state index contributed by atoms with van der Waals surface area (Å²) in [5.74, 6) is 0.367. The molecule has 3 heteroatoms. The second kappa shape index (κ2) is 4.82. The van der Waals surface area contributed by atoms with Gasteiger partial charge in [0, 0.05) is 0 Å². The fourth-order valence-corrected chi connectivity index (χ4v) is 0.682. The fraction of sp³-hybridized carbons (Fsp3) is 0.800. The highest BCUT2D eigenvalue weighted by Crippen LogP contribution is 2.22. The van der Waals surface area contributed by atoms with E-state index in [0.717, 1.165) is 11.9 Å². The zero-order chi connectivity index (χ0) is 10.6. The molecule has 0 bridgehead atoms. The molecule has 0 aliphatic rings. The first-order valence-corrected chi connectivity index (χ1v) is 4.84. The smallest absolute Gasteiger partial charge is 0.423 e. The summed E-state index contributed by atoms with van der Waals surface area (Å²) in [4.78, 5) is 0. The van der Waals surface area contributed by atoms with Gasteiger partial charge in [-0.05, 0) is 31.7 Å². The summed E-state index contributed by atoms with van der Waals surface area (Å²) < 4.78 is 5.51. The molecule has 2 nitrogen and oxygen atoms in total. The molecule has 76 valence electrons. The van der Waals surface area contributed by atoms with E-state index < -0.39 is 7.12 Å². The summed E-state index contributed by atoms with van der Waals surface area (Å²) >= 11 is 0. The molecule has 0 heterocycles. The highest BCUT2D eigenvalue weighted by atomic mass is 16.5. The molecule has 0 aliphatic carbocycles. The topological polar surface area (TPSA) is 29.5 Å². The minimum absolute atomic E-state index is 0.308. The lowest BCUT2D eigenvalue weighted by Crippen LogP contribution is -2.38. The zero-order valence-electron chi connectivity index (χ0n) is 9.42. The van der Waals surface area contributed by atoms with Crippen LogP contribution in [-0.4, -0.2) is 17.7 Å². The van der Waals surface area contributed by atoms with E-state index in [1.54, 1.807) is 0 Å². The van der Waals surface area contributed by atoms with Crippen molar-refractivity contribution in [2.75, 3.05) is 0 Å². The molecule has 0 fully saturated rings. The standard InChI is InChI=1S/C10H21BO2/c1-7-9(4)11(12)13-10(5,6)8(2)3/h8,12H,4,7H2,1-3,5-6H3. The van der Waals surface area contributed by atoms with Gasteiger partial charge in [0.05, 0.1) is 5.60 Å². The van der Waals surface area contributed by atoms with Crippen LogP contribution in [0.1, 0.15) is 41.0 Å². The molecule has 0 saturated heterocycles. The fourth-order valence-electron chi connectivity index (χ4n) is 0.682. The molecule has 13 heavy (non-hydrogen) atoms. The van der Waals surface area contributed by atoms with E-state index in [9.17, 15) is 5.02 Å². The molecule has 1 N–H and O–H groups in total. The lowest BCUT2D eigenvalue weighted by Gasteiger charge is -2.31. The Bertz CT molecular complexity index is 176. The molecule has 0 saturated carbocycles. The van der Waals surface area contributed by atoms with E-state index in [4.69, 9.17) is 4.65 Å². The third kappa shape index (κ3) is 3.96. The van der Waals surface area contributed by atoms with Gasteiger partial charge in [-0.3, -0.25) is 0 Å². The van der Waals surface area contributed by atoms with Crippen LogP contribution in [0.15, 0.2) is 12.1 Å². The molecule has 0 aromatic carbocycles. The molecule has 0 atom stereocenters. The third-order valence-electron chi connectivity index (χ3n) is 2.61. The molecule has 0 aromatic rings. The monoisotopic (exact) mass is 184 g/mol. The summed E-state index contributed by atoms with van der Waals surface area (Å²) in [7, 11) is -0.831. The van der Waals surface area contributed by atoms with Crippen LogP contribution in [0, 0.1) is 5.92 Å². The zero-order valence-corrected chi connectivity index (χ0v) is 9.42. The average molecular weight is 184 g/mol. The minimum Gasteiger partial charge on any atom is -0.423 e. The number of hydrogen-bond acceptors (Lipinski definition) is 2. The van der Waals surface area contributed by atoms with Gasteiger partial charge < -0.3 is 9.68 Å². The van der Waals surface area contributed by atoms with Crippen LogP contribution in [-0.2, 0) is 4.65 Å². The van der Waals surface area contributed by atoms with Gasteiger partial charge in [0.1, 0.15) is 0 Å². The predicted molar refractivity (Wildman–Crippen MR) is 57.4 cm³/mol. The Morgan fingerprint density at radius 3 is 2.31 bits per heavy atom. The highest BCUT2D eigenvalue weighted by Gasteiger charge is 2.29. The molecule has 0 rings (SSSR count). The number of hydrogen-bond donors (Lipinski definition) is 1. The summed E-state index contributed by atoms with van der Waals surface area (Å²) in [6.07, 6.45) is 0.745. The normalized spacial score (nSPS) is 11.9. The summed E-state index contributed by atoms with van der Waals surface area (Å²) in [5.41, 5.74) is 0.422. The lowest BCUT2D eigenvalue weighted by atomic mass is 9.76. The van der Waals surface area contributed by atoms with Crippen molar-refractivity contribution < 1.29 is 9.68 Å². The van der Waals surface area contributed by atoms with Crippen LogP contribution in [0.5, 0.6) is 0 Å². The van der Waals surface area contributed by atoms with E-state index in [1.165, 1.54) is 0 Å². The Kier molecular flexibility index (Phi) is 4.72. The Morgan fingerprint density at radius 1 is 1.54 bits per heavy atom. The van der Waals surface area contributed by atoms with Crippen molar-refractivity contribution in [1.29, 1.82) is 0 Å². The molecule has 0 amide bonds. The van der Waals surface area contributed by atoms with E-state index in [1.807, 2.05) is 20.8 Å². The van der Waals surface area contributed by atoms with Crippen molar-refractivity contribution in [2.24, 2.45) is 5.92 Å². The van der Waals surface area contributed by atoms with Crippen LogP contribution < -0.4 is 0 Å². The van der Waals surface area contributed by atoms with E-state index in [0.29, 0.717) is 5.92 Å². The summed E-state index contributed by atoms with van der Waals surface area (Å²) in [6.45, 7) is 13.8. The quantitative estimate of drug-likeness (QED) is 0.665. The van der Waals surface area contributed by atoms with Crippen LogP contribution in [0.2, 0.25) is 0 Å². The maximum Gasteiger partial charge on any atom is 0.486 e. The van der Waals surface area contributed by atoms with Crippen LogP contribution in [0.4, 0.5) is 0 Å². The van der Waals surface area contributed by atoms with Crippen molar-refractivity contribution in [3.8, 4) is 0 Å². The first-order chi connectivity index (χ1) is 5.81. The van der Waals surface area contributed by atoms with E-state index >= 15 is 0 Å². The van der Waals surface area contributed by atoms with Gasteiger partial charge in [0.15, 0.2) is 0 Å². The third-order valence-corrected chi connectivity index (χ3v) is 2.61. The Hall–Kier alpha value is -0.275.